The molecule has 0 aliphatic carbocycles. The van der Waals surface area contributed by atoms with Crippen LogP contribution in [0.3, 0.4) is 0 Å². The maximum atomic E-state index is 8.71. The molecule has 0 saturated carbocycles. The fourth-order valence-electron chi connectivity index (χ4n) is 1.09. The summed E-state index contributed by atoms with van der Waals surface area (Å²) in [7, 11) is 0. The van der Waals surface area contributed by atoms with E-state index >= 15 is 0 Å². The van der Waals surface area contributed by atoms with E-state index in [1.807, 2.05) is 25.1 Å². The minimum Gasteiger partial charge on any atom is -0.396 e. The predicted octanol–water partition coefficient (Wildman–Crippen LogP) is 2.18. The zero-order chi connectivity index (χ0) is 8.27. The summed E-state index contributed by atoms with van der Waals surface area (Å²) in [6.07, 6.45) is 0.644. The van der Waals surface area contributed by atoms with Crippen molar-refractivity contribution in [3.05, 3.63) is 34.3 Å². The molecule has 11 heavy (non-hydrogen) atoms. The molecule has 0 amide bonds. The van der Waals surface area contributed by atoms with Crippen LogP contribution in [0.25, 0.3) is 0 Å². The van der Waals surface area contributed by atoms with Crippen molar-refractivity contribution in [1.82, 2.24) is 0 Å². The van der Waals surface area contributed by atoms with Gasteiger partial charge in [-0.15, -0.1) is 0 Å². The van der Waals surface area contributed by atoms with E-state index in [1.54, 1.807) is 0 Å². The first-order valence-corrected chi connectivity index (χ1v) is 3.98. The van der Waals surface area contributed by atoms with Crippen LogP contribution in [0.4, 0.5) is 0 Å². The second-order valence-electron chi connectivity index (χ2n) is 2.51. The number of aryl methyl sites for hydroxylation is 1. The standard InChI is InChI=1S/C9H11ClO/c1-7-3-2-4-9(10)8(7)5-6-11/h2-4,11H,5-6H2,1H3. The Balaban J connectivity index is 3.00. The van der Waals surface area contributed by atoms with E-state index in [0.29, 0.717) is 6.42 Å². The molecule has 0 aliphatic rings. The molecular formula is C9H11ClO. The summed E-state index contributed by atoms with van der Waals surface area (Å²) in [5, 5.41) is 9.46. The molecule has 1 aromatic carbocycles. The van der Waals surface area contributed by atoms with E-state index in [1.165, 1.54) is 0 Å². The highest BCUT2D eigenvalue weighted by Crippen LogP contribution is 2.19. The molecule has 0 aliphatic heterocycles. The molecule has 1 aromatic rings. The number of halogens is 1. The van der Waals surface area contributed by atoms with Gasteiger partial charge in [0.1, 0.15) is 0 Å². The van der Waals surface area contributed by atoms with Gasteiger partial charge in [0.05, 0.1) is 0 Å². The van der Waals surface area contributed by atoms with Gasteiger partial charge in [-0.3, -0.25) is 0 Å². The lowest BCUT2D eigenvalue weighted by molar-refractivity contribution is 0.299. The van der Waals surface area contributed by atoms with Crippen LogP contribution >= 0.6 is 11.6 Å². The highest BCUT2D eigenvalue weighted by molar-refractivity contribution is 6.31. The Morgan fingerprint density at radius 2 is 2.18 bits per heavy atom. The fourth-order valence-corrected chi connectivity index (χ4v) is 1.41. The molecule has 1 nitrogen and oxygen atoms in total. The van der Waals surface area contributed by atoms with Crippen LogP contribution in [0.2, 0.25) is 5.02 Å². The van der Waals surface area contributed by atoms with Gasteiger partial charge in [0.25, 0.3) is 0 Å². The van der Waals surface area contributed by atoms with Gasteiger partial charge in [-0.2, -0.15) is 0 Å². The van der Waals surface area contributed by atoms with E-state index in [2.05, 4.69) is 0 Å². The first-order valence-electron chi connectivity index (χ1n) is 3.60. The molecule has 0 atom stereocenters. The zero-order valence-corrected chi connectivity index (χ0v) is 7.23. The highest BCUT2D eigenvalue weighted by atomic mass is 35.5. The van der Waals surface area contributed by atoms with Gasteiger partial charge in [0, 0.05) is 11.6 Å². The molecule has 2 heteroatoms. The smallest absolute Gasteiger partial charge is 0.0472 e. The van der Waals surface area contributed by atoms with E-state index in [-0.39, 0.29) is 6.61 Å². The molecule has 1 N–H and O–H groups in total. The number of rotatable bonds is 2. The Hall–Kier alpha value is -0.530. The first-order chi connectivity index (χ1) is 5.25. The monoisotopic (exact) mass is 170 g/mol. The number of hydrogen-bond acceptors (Lipinski definition) is 1. The molecule has 0 fully saturated rings. The molecule has 60 valence electrons. The van der Waals surface area contributed by atoms with E-state index in [0.717, 1.165) is 16.1 Å². The van der Waals surface area contributed by atoms with Crippen molar-refractivity contribution in [3.63, 3.8) is 0 Å². The van der Waals surface area contributed by atoms with Gasteiger partial charge >= 0.3 is 0 Å². The topological polar surface area (TPSA) is 20.2 Å². The SMILES string of the molecule is Cc1cccc(Cl)c1CCO. The largest absolute Gasteiger partial charge is 0.396 e. The molecule has 0 spiro atoms. The van der Waals surface area contributed by atoms with Crippen LogP contribution in [0.1, 0.15) is 11.1 Å². The number of aliphatic hydroxyl groups excluding tert-OH is 1. The van der Waals surface area contributed by atoms with Crippen molar-refractivity contribution in [2.24, 2.45) is 0 Å². The quantitative estimate of drug-likeness (QED) is 0.722. The minimum atomic E-state index is 0.157. The maximum Gasteiger partial charge on any atom is 0.0472 e. The summed E-state index contributed by atoms with van der Waals surface area (Å²) in [6.45, 7) is 2.15. The third-order valence-corrected chi connectivity index (χ3v) is 2.07. The van der Waals surface area contributed by atoms with Gasteiger partial charge in [0.15, 0.2) is 0 Å². The van der Waals surface area contributed by atoms with Crippen molar-refractivity contribution in [3.8, 4) is 0 Å². The number of aliphatic hydroxyl groups is 1. The number of hydrogen-bond donors (Lipinski definition) is 1. The van der Waals surface area contributed by atoms with Gasteiger partial charge < -0.3 is 5.11 Å². The third kappa shape index (κ3) is 1.95. The minimum absolute atomic E-state index is 0.157. The predicted molar refractivity (Wildman–Crippen MR) is 47.0 cm³/mol. The summed E-state index contributed by atoms with van der Waals surface area (Å²) >= 11 is 5.90. The van der Waals surface area contributed by atoms with Gasteiger partial charge in [-0.05, 0) is 30.5 Å². The Morgan fingerprint density at radius 1 is 1.45 bits per heavy atom. The molecular weight excluding hydrogens is 160 g/mol. The average molecular weight is 171 g/mol. The highest BCUT2D eigenvalue weighted by Gasteiger charge is 2.01. The Labute approximate surface area is 71.6 Å². The summed E-state index contributed by atoms with van der Waals surface area (Å²) in [5.41, 5.74) is 2.20. The van der Waals surface area contributed by atoms with Gasteiger partial charge in [0.2, 0.25) is 0 Å². The van der Waals surface area contributed by atoms with Crippen LogP contribution < -0.4 is 0 Å². The maximum absolute atomic E-state index is 8.71. The Kier molecular flexibility index (Phi) is 2.92. The molecule has 0 saturated heterocycles. The molecule has 0 unspecified atom stereocenters. The summed E-state index contributed by atoms with van der Waals surface area (Å²) in [4.78, 5) is 0. The first kappa shape index (κ1) is 8.57. The molecule has 0 radical (unpaired) electrons. The molecule has 1 rings (SSSR count). The van der Waals surface area contributed by atoms with Crippen molar-refractivity contribution in [1.29, 1.82) is 0 Å². The summed E-state index contributed by atoms with van der Waals surface area (Å²) < 4.78 is 0. The normalized spacial score (nSPS) is 10.1. The van der Waals surface area contributed by atoms with Crippen LogP contribution in [-0.4, -0.2) is 11.7 Å². The summed E-state index contributed by atoms with van der Waals surface area (Å²) in [6, 6.07) is 5.76. The van der Waals surface area contributed by atoms with Gasteiger partial charge in [-0.25, -0.2) is 0 Å². The van der Waals surface area contributed by atoms with Crippen molar-refractivity contribution in [2.45, 2.75) is 13.3 Å². The van der Waals surface area contributed by atoms with Crippen LogP contribution in [0, 0.1) is 6.92 Å². The average Bonchev–Trinajstić information content (AvgIpc) is 1.97. The third-order valence-electron chi connectivity index (χ3n) is 1.71. The lowest BCUT2D eigenvalue weighted by Gasteiger charge is -2.04. The Morgan fingerprint density at radius 3 is 2.73 bits per heavy atom. The van der Waals surface area contributed by atoms with Crippen LogP contribution in [-0.2, 0) is 6.42 Å². The van der Waals surface area contributed by atoms with Crippen LogP contribution in [0.15, 0.2) is 18.2 Å². The van der Waals surface area contributed by atoms with E-state index in [9.17, 15) is 0 Å². The Bertz CT molecular complexity index is 225. The molecule has 0 bridgehead atoms. The lowest BCUT2D eigenvalue weighted by atomic mass is 10.1. The van der Waals surface area contributed by atoms with Crippen molar-refractivity contribution < 1.29 is 5.11 Å². The van der Waals surface area contributed by atoms with Crippen molar-refractivity contribution in [2.75, 3.05) is 6.61 Å². The van der Waals surface area contributed by atoms with E-state index in [4.69, 9.17) is 16.7 Å². The van der Waals surface area contributed by atoms with E-state index < -0.39 is 0 Å². The second kappa shape index (κ2) is 3.74. The molecule has 0 heterocycles. The summed E-state index contributed by atoms with van der Waals surface area (Å²) in [5.74, 6) is 0. The van der Waals surface area contributed by atoms with Crippen LogP contribution in [0.5, 0.6) is 0 Å². The van der Waals surface area contributed by atoms with Crippen molar-refractivity contribution >= 4 is 11.6 Å². The number of benzene rings is 1. The second-order valence-corrected chi connectivity index (χ2v) is 2.92. The fraction of sp³-hybridized carbons (Fsp3) is 0.333. The molecule has 0 aromatic heterocycles. The lowest BCUT2D eigenvalue weighted by Crippen LogP contribution is -1.94. The van der Waals surface area contributed by atoms with Gasteiger partial charge in [-0.1, -0.05) is 23.7 Å². The zero-order valence-electron chi connectivity index (χ0n) is 6.47.